The Kier molecular flexibility index (Phi) is 4.70. The van der Waals surface area contributed by atoms with Gasteiger partial charge in [-0.3, -0.25) is 0 Å². The Morgan fingerprint density at radius 3 is 1.69 bits per heavy atom. The fourth-order valence-corrected chi connectivity index (χ4v) is 4.14. The van der Waals surface area contributed by atoms with Crippen LogP contribution in [0.25, 0.3) is 33.0 Å². The van der Waals surface area contributed by atoms with Gasteiger partial charge in [-0.2, -0.15) is 0 Å². The van der Waals surface area contributed by atoms with E-state index in [2.05, 4.69) is 32.9 Å². The predicted molar refractivity (Wildman–Crippen MR) is 114 cm³/mol. The highest BCUT2D eigenvalue weighted by molar-refractivity contribution is 5.89. The predicted octanol–water partition coefficient (Wildman–Crippen LogP) is 7.82. The van der Waals surface area contributed by atoms with Crippen LogP contribution in [0.2, 0.25) is 0 Å². The van der Waals surface area contributed by atoms with Gasteiger partial charge in [0.25, 0.3) is 0 Å². The summed E-state index contributed by atoms with van der Waals surface area (Å²) in [6, 6.07) is 17.0. The summed E-state index contributed by atoms with van der Waals surface area (Å²) in [7, 11) is 0. The normalized spacial score (nSPS) is 11.3. The third-order valence-corrected chi connectivity index (χ3v) is 5.53. The van der Waals surface area contributed by atoms with Crippen molar-refractivity contribution in [3.05, 3.63) is 94.3 Å². The first kappa shape index (κ1) is 19.3. The Morgan fingerprint density at radius 1 is 0.517 bits per heavy atom. The van der Waals surface area contributed by atoms with Crippen LogP contribution in [0.1, 0.15) is 22.3 Å². The number of hydrogen-bond acceptors (Lipinski definition) is 0. The van der Waals surface area contributed by atoms with Crippen molar-refractivity contribution >= 4 is 10.8 Å². The molecule has 0 nitrogen and oxygen atoms in total. The highest BCUT2D eigenvalue weighted by Gasteiger charge is 2.17. The summed E-state index contributed by atoms with van der Waals surface area (Å²) in [4.78, 5) is 0. The van der Waals surface area contributed by atoms with E-state index in [-0.39, 0.29) is 16.3 Å². The van der Waals surface area contributed by atoms with Gasteiger partial charge in [-0.15, -0.1) is 0 Å². The number of fused-ring (bicyclic) bond motifs is 1. The van der Waals surface area contributed by atoms with Crippen LogP contribution in [0.4, 0.5) is 13.2 Å². The zero-order chi connectivity index (χ0) is 20.9. The molecule has 0 radical (unpaired) electrons. The molecule has 0 unspecified atom stereocenters. The SMILES string of the molecule is Cc1cc(C)c(-c2ccc(-c3ccc4c(F)c(C)c(F)c(F)c4c3)cc2)c(C)c1. The third-order valence-electron chi connectivity index (χ3n) is 5.53. The molecule has 0 saturated carbocycles. The summed E-state index contributed by atoms with van der Waals surface area (Å²) in [6.07, 6.45) is 0. The smallest absolute Gasteiger partial charge is 0.167 e. The Balaban J connectivity index is 1.80. The number of hydrogen-bond donors (Lipinski definition) is 0. The van der Waals surface area contributed by atoms with Crippen LogP contribution in [0.15, 0.2) is 54.6 Å². The first-order valence-corrected chi connectivity index (χ1v) is 9.53. The molecule has 0 fully saturated rings. The molecule has 4 rings (SSSR count). The summed E-state index contributed by atoms with van der Waals surface area (Å²) in [5.74, 6) is -2.86. The lowest BCUT2D eigenvalue weighted by molar-refractivity contribution is 0.497. The maximum Gasteiger partial charge on any atom is 0.167 e. The first-order valence-electron chi connectivity index (χ1n) is 9.53. The van der Waals surface area contributed by atoms with Gasteiger partial charge in [0.05, 0.1) is 0 Å². The van der Waals surface area contributed by atoms with E-state index in [1.54, 1.807) is 6.07 Å². The second-order valence-corrected chi connectivity index (χ2v) is 7.68. The van der Waals surface area contributed by atoms with Gasteiger partial charge in [0.15, 0.2) is 11.6 Å². The molecule has 0 amide bonds. The molecule has 0 N–H and O–H groups in total. The largest absolute Gasteiger partial charge is 0.206 e. The number of rotatable bonds is 2. The molecular weight excluding hydrogens is 369 g/mol. The third kappa shape index (κ3) is 3.21. The molecule has 0 saturated heterocycles. The molecule has 0 aliphatic carbocycles. The summed E-state index contributed by atoms with van der Waals surface area (Å²) in [6.45, 7) is 7.52. The van der Waals surface area contributed by atoms with E-state index < -0.39 is 17.5 Å². The molecule has 0 aliphatic heterocycles. The van der Waals surface area contributed by atoms with Crippen LogP contribution < -0.4 is 0 Å². The second kappa shape index (κ2) is 7.07. The molecular formula is C26H21F3. The van der Waals surface area contributed by atoms with Crippen LogP contribution in [0.5, 0.6) is 0 Å². The van der Waals surface area contributed by atoms with E-state index in [0.717, 1.165) is 11.1 Å². The van der Waals surface area contributed by atoms with Crippen LogP contribution in [0.3, 0.4) is 0 Å². The Labute approximate surface area is 168 Å². The minimum Gasteiger partial charge on any atom is -0.206 e. The van der Waals surface area contributed by atoms with E-state index in [1.165, 1.54) is 41.3 Å². The van der Waals surface area contributed by atoms with Crippen molar-refractivity contribution < 1.29 is 13.2 Å². The van der Waals surface area contributed by atoms with Crippen LogP contribution >= 0.6 is 0 Å². The Hall–Kier alpha value is -3.07. The molecule has 0 atom stereocenters. The lowest BCUT2D eigenvalue weighted by atomic mass is 9.92. The highest BCUT2D eigenvalue weighted by atomic mass is 19.2. The van der Waals surface area contributed by atoms with Crippen molar-refractivity contribution in [3.8, 4) is 22.3 Å². The lowest BCUT2D eigenvalue weighted by Gasteiger charge is -2.13. The van der Waals surface area contributed by atoms with Gasteiger partial charge in [0, 0.05) is 16.3 Å². The van der Waals surface area contributed by atoms with E-state index in [0.29, 0.717) is 5.56 Å². The zero-order valence-electron chi connectivity index (χ0n) is 16.8. The van der Waals surface area contributed by atoms with Crippen molar-refractivity contribution in [1.29, 1.82) is 0 Å². The van der Waals surface area contributed by atoms with E-state index in [9.17, 15) is 13.2 Å². The summed E-state index contributed by atoms with van der Waals surface area (Å²) in [5.41, 5.74) is 7.23. The molecule has 146 valence electrons. The minimum absolute atomic E-state index is 0.0441. The monoisotopic (exact) mass is 390 g/mol. The van der Waals surface area contributed by atoms with Crippen LogP contribution in [-0.4, -0.2) is 0 Å². The number of aryl methyl sites for hydroxylation is 3. The van der Waals surface area contributed by atoms with Crippen molar-refractivity contribution in [2.45, 2.75) is 27.7 Å². The summed E-state index contributed by atoms with van der Waals surface area (Å²) in [5, 5.41) is 0.0464. The van der Waals surface area contributed by atoms with E-state index in [1.807, 2.05) is 24.3 Å². The zero-order valence-corrected chi connectivity index (χ0v) is 16.8. The highest BCUT2D eigenvalue weighted by Crippen LogP contribution is 2.33. The van der Waals surface area contributed by atoms with Gasteiger partial charge in [0.2, 0.25) is 0 Å². The molecule has 0 aromatic heterocycles. The maximum atomic E-state index is 14.4. The van der Waals surface area contributed by atoms with Gasteiger partial charge in [-0.25, -0.2) is 13.2 Å². The van der Waals surface area contributed by atoms with Crippen LogP contribution in [0, 0.1) is 45.1 Å². The number of benzene rings is 4. The van der Waals surface area contributed by atoms with Gasteiger partial charge < -0.3 is 0 Å². The van der Waals surface area contributed by atoms with Crippen molar-refractivity contribution in [1.82, 2.24) is 0 Å². The maximum absolute atomic E-state index is 14.4. The van der Waals surface area contributed by atoms with Crippen molar-refractivity contribution in [3.63, 3.8) is 0 Å². The summed E-state index contributed by atoms with van der Waals surface area (Å²) < 4.78 is 42.7. The Bertz CT molecular complexity index is 1230. The van der Waals surface area contributed by atoms with Gasteiger partial charge in [-0.05, 0) is 67.1 Å². The molecule has 3 heteroatoms. The van der Waals surface area contributed by atoms with Crippen LogP contribution in [-0.2, 0) is 0 Å². The molecule has 29 heavy (non-hydrogen) atoms. The molecule has 0 spiro atoms. The average Bonchev–Trinajstić information content (AvgIpc) is 2.70. The Morgan fingerprint density at radius 2 is 1.07 bits per heavy atom. The molecule has 4 aromatic rings. The second-order valence-electron chi connectivity index (χ2n) is 7.68. The van der Waals surface area contributed by atoms with Gasteiger partial charge in [-0.1, -0.05) is 54.1 Å². The van der Waals surface area contributed by atoms with Gasteiger partial charge >= 0.3 is 0 Å². The summed E-state index contributed by atoms with van der Waals surface area (Å²) >= 11 is 0. The topological polar surface area (TPSA) is 0 Å². The first-order chi connectivity index (χ1) is 13.8. The van der Waals surface area contributed by atoms with Crippen molar-refractivity contribution in [2.24, 2.45) is 0 Å². The lowest BCUT2D eigenvalue weighted by Crippen LogP contribution is -1.97. The molecule has 0 aliphatic rings. The molecule has 0 bridgehead atoms. The fourth-order valence-electron chi connectivity index (χ4n) is 4.14. The standard InChI is InChI=1S/C26H21F3/c1-14-11-15(2)23(16(3)12-14)19-7-5-18(6-8-19)20-9-10-21-22(13-20)26(29)25(28)17(4)24(21)27/h5-13H,1-4H3. The average molecular weight is 390 g/mol. The van der Waals surface area contributed by atoms with E-state index >= 15 is 0 Å². The fraction of sp³-hybridized carbons (Fsp3) is 0.154. The van der Waals surface area contributed by atoms with Gasteiger partial charge in [0.1, 0.15) is 5.82 Å². The number of halogens is 3. The van der Waals surface area contributed by atoms with Crippen molar-refractivity contribution in [2.75, 3.05) is 0 Å². The minimum atomic E-state index is -1.13. The van der Waals surface area contributed by atoms with E-state index in [4.69, 9.17) is 0 Å². The molecule has 4 aromatic carbocycles. The quantitative estimate of drug-likeness (QED) is 0.306. The molecule has 0 heterocycles.